The Morgan fingerprint density at radius 3 is 2.03 bits per heavy atom. The maximum atomic E-state index is 15.5. The molecule has 0 aliphatic heterocycles. The summed E-state index contributed by atoms with van der Waals surface area (Å²) < 4.78 is 15.5. The smallest absolute Gasteiger partial charge is 0.171 e. The van der Waals surface area contributed by atoms with Crippen molar-refractivity contribution < 1.29 is 4.57 Å². The molecule has 168 valence electrons. The summed E-state index contributed by atoms with van der Waals surface area (Å²) in [5, 5.41) is 3.27. The predicted octanol–water partition coefficient (Wildman–Crippen LogP) is 7.99. The quantitative estimate of drug-likeness (QED) is 0.396. The first-order chi connectivity index (χ1) is 15.6. The standard InChI is InChI=1S/C30H37OP/c1-3-18-30(19-4-2)21-24-20-23-12-11-17-27(23)29(28(24)22-30)32(31,25-13-7-5-8-14-25)26-15-9-6-10-16-26/h5-10,13-16,22-24H,3-4,11-12,17-21H2,1-2H3/t23-,24+/m1/s1. The van der Waals surface area contributed by atoms with E-state index in [9.17, 15) is 0 Å². The zero-order valence-electron chi connectivity index (χ0n) is 19.7. The second-order valence-electron chi connectivity index (χ2n) is 10.3. The number of allylic oxidation sites excluding steroid dienone is 4. The van der Waals surface area contributed by atoms with Gasteiger partial charge in [0.15, 0.2) is 7.14 Å². The lowest BCUT2D eigenvalue weighted by Gasteiger charge is -2.35. The molecule has 1 nitrogen and oxygen atoms in total. The first kappa shape index (κ1) is 22.0. The Balaban J connectivity index is 1.76. The second-order valence-corrected chi connectivity index (χ2v) is 13.0. The average molecular weight is 445 g/mol. The van der Waals surface area contributed by atoms with Gasteiger partial charge in [0, 0.05) is 15.9 Å². The molecule has 2 aromatic carbocycles. The fourth-order valence-corrected chi connectivity index (χ4v) is 10.4. The van der Waals surface area contributed by atoms with E-state index in [-0.39, 0.29) is 0 Å². The minimum Gasteiger partial charge on any atom is -0.309 e. The molecule has 2 heteroatoms. The molecule has 0 heterocycles. The highest BCUT2D eigenvalue weighted by Gasteiger charge is 2.49. The molecule has 0 bridgehead atoms. The highest BCUT2D eigenvalue weighted by atomic mass is 31.2. The van der Waals surface area contributed by atoms with E-state index in [0.29, 0.717) is 17.3 Å². The molecule has 3 aliphatic rings. The lowest BCUT2D eigenvalue weighted by atomic mass is 9.75. The summed E-state index contributed by atoms with van der Waals surface area (Å²) in [4.78, 5) is 0. The van der Waals surface area contributed by atoms with Crippen molar-refractivity contribution in [2.24, 2.45) is 17.3 Å². The summed E-state index contributed by atoms with van der Waals surface area (Å²) in [7, 11) is -2.92. The van der Waals surface area contributed by atoms with Crippen LogP contribution < -0.4 is 10.6 Å². The van der Waals surface area contributed by atoms with E-state index in [4.69, 9.17) is 0 Å². The fraction of sp³-hybridized carbons (Fsp3) is 0.467. The van der Waals surface area contributed by atoms with Crippen LogP contribution in [0, 0.1) is 17.3 Å². The third-order valence-electron chi connectivity index (χ3n) is 8.24. The van der Waals surface area contributed by atoms with Crippen LogP contribution in [0.2, 0.25) is 0 Å². The Morgan fingerprint density at radius 2 is 1.47 bits per heavy atom. The fourth-order valence-electron chi connectivity index (χ4n) is 7.13. The van der Waals surface area contributed by atoms with Crippen molar-refractivity contribution in [2.75, 3.05) is 0 Å². The van der Waals surface area contributed by atoms with Gasteiger partial charge in [-0.05, 0) is 67.8 Å². The Morgan fingerprint density at radius 1 is 0.875 bits per heavy atom. The van der Waals surface area contributed by atoms with Crippen molar-refractivity contribution in [1.82, 2.24) is 0 Å². The minimum absolute atomic E-state index is 0.298. The first-order valence-electron chi connectivity index (χ1n) is 12.8. The molecule has 0 N–H and O–H groups in total. The van der Waals surface area contributed by atoms with Crippen molar-refractivity contribution in [3.8, 4) is 0 Å². The van der Waals surface area contributed by atoms with Crippen LogP contribution in [-0.2, 0) is 4.57 Å². The van der Waals surface area contributed by atoms with Crippen molar-refractivity contribution in [3.05, 3.63) is 83.2 Å². The molecule has 0 spiro atoms. The monoisotopic (exact) mass is 444 g/mol. The largest absolute Gasteiger partial charge is 0.309 e. The van der Waals surface area contributed by atoms with Crippen LogP contribution in [-0.4, -0.2) is 0 Å². The van der Waals surface area contributed by atoms with Gasteiger partial charge in [-0.3, -0.25) is 0 Å². The van der Waals surface area contributed by atoms with E-state index in [1.807, 2.05) is 12.1 Å². The number of hydrogen-bond acceptors (Lipinski definition) is 1. The molecule has 0 unspecified atom stereocenters. The van der Waals surface area contributed by atoms with Gasteiger partial charge in [-0.2, -0.15) is 0 Å². The zero-order valence-corrected chi connectivity index (χ0v) is 20.6. The molecule has 32 heavy (non-hydrogen) atoms. The van der Waals surface area contributed by atoms with Crippen molar-refractivity contribution in [1.29, 1.82) is 0 Å². The van der Waals surface area contributed by atoms with Crippen LogP contribution in [0.4, 0.5) is 0 Å². The van der Waals surface area contributed by atoms with E-state index in [0.717, 1.165) is 17.0 Å². The normalized spacial score (nSPS) is 24.2. The molecule has 2 atom stereocenters. The zero-order chi connectivity index (χ0) is 22.2. The maximum Gasteiger partial charge on any atom is 0.171 e. The van der Waals surface area contributed by atoms with Gasteiger partial charge < -0.3 is 4.57 Å². The third kappa shape index (κ3) is 3.58. The van der Waals surface area contributed by atoms with Crippen LogP contribution >= 0.6 is 7.14 Å². The number of hydrogen-bond donors (Lipinski definition) is 0. The van der Waals surface area contributed by atoms with Crippen LogP contribution in [0.3, 0.4) is 0 Å². The molecule has 5 rings (SSSR count). The number of rotatable bonds is 7. The number of benzene rings is 2. The Hall–Kier alpha value is -1.85. The SMILES string of the molecule is CCCC1(CCC)C=C2C(P(=O)(c3ccccc3)c3ccccc3)=C3CCC[C@@H]3C[C@H]2C1. The molecule has 0 aromatic heterocycles. The van der Waals surface area contributed by atoms with Gasteiger partial charge in [0.25, 0.3) is 0 Å². The van der Waals surface area contributed by atoms with Crippen molar-refractivity contribution >= 4 is 17.8 Å². The molecular formula is C30H37OP. The van der Waals surface area contributed by atoms with E-state index >= 15 is 4.57 Å². The van der Waals surface area contributed by atoms with Crippen molar-refractivity contribution in [2.45, 2.75) is 71.6 Å². The summed E-state index contributed by atoms with van der Waals surface area (Å²) in [6.45, 7) is 4.65. The van der Waals surface area contributed by atoms with E-state index in [2.05, 4.69) is 68.5 Å². The summed E-state index contributed by atoms with van der Waals surface area (Å²) >= 11 is 0. The van der Waals surface area contributed by atoms with Crippen LogP contribution in [0.25, 0.3) is 0 Å². The molecule has 2 aromatic rings. The average Bonchev–Trinajstić information content (AvgIpc) is 3.42. The maximum absolute atomic E-state index is 15.5. The molecule has 0 amide bonds. The minimum atomic E-state index is -2.92. The van der Waals surface area contributed by atoms with Crippen LogP contribution in [0.5, 0.6) is 0 Å². The second kappa shape index (κ2) is 8.83. The molecule has 1 fully saturated rings. The molecule has 3 aliphatic carbocycles. The summed E-state index contributed by atoms with van der Waals surface area (Å²) in [5.41, 5.74) is 3.30. The van der Waals surface area contributed by atoms with Gasteiger partial charge in [0.1, 0.15) is 0 Å². The lowest BCUT2D eigenvalue weighted by Crippen LogP contribution is -2.25. The molecular weight excluding hydrogens is 407 g/mol. The summed E-state index contributed by atoms with van der Waals surface area (Å²) in [6.07, 6.45) is 13.8. The summed E-state index contributed by atoms with van der Waals surface area (Å²) in [6, 6.07) is 20.8. The van der Waals surface area contributed by atoms with Gasteiger partial charge in [-0.25, -0.2) is 0 Å². The Labute approximate surface area is 194 Å². The van der Waals surface area contributed by atoms with E-state index in [1.165, 1.54) is 67.8 Å². The highest BCUT2D eigenvalue weighted by Crippen LogP contribution is 2.66. The Bertz CT molecular complexity index is 1010. The molecule has 0 radical (unpaired) electrons. The van der Waals surface area contributed by atoms with E-state index < -0.39 is 7.14 Å². The van der Waals surface area contributed by atoms with Gasteiger partial charge in [0.2, 0.25) is 0 Å². The van der Waals surface area contributed by atoms with Gasteiger partial charge in [-0.15, -0.1) is 0 Å². The topological polar surface area (TPSA) is 17.1 Å². The third-order valence-corrected chi connectivity index (χ3v) is 11.5. The lowest BCUT2D eigenvalue weighted by molar-refractivity contribution is 0.266. The van der Waals surface area contributed by atoms with Gasteiger partial charge in [0.05, 0.1) is 0 Å². The van der Waals surface area contributed by atoms with Crippen molar-refractivity contribution in [3.63, 3.8) is 0 Å². The Kier molecular flexibility index (Phi) is 6.06. The summed E-state index contributed by atoms with van der Waals surface area (Å²) in [5.74, 6) is 1.21. The molecule has 1 saturated carbocycles. The number of fused-ring (bicyclic) bond motifs is 2. The highest BCUT2D eigenvalue weighted by molar-refractivity contribution is 7.82. The predicted molar refractivity (Wildman–Crippen MR) is 137 cm³/mol. The van der Waals surface area contributed by atoms with Crippen LogP contribution in [0.1, 0.15) is 71.6 Å². The van der Waals surface area contributed by atoms with Crippen LogP contribution in [0.15, 0.2) is 83.2 Å². The van der Waals surface area contributed by atoms with Gasteiger partial charge >= 0.3 is 0 Å². The van der Waals surface area contributed by atoms with Gasteiger partial charge in [-0.1, -0.05) is 99.0 Å². The van der Waals surface area contributed by atoms with E-state index in [1.54, 1.807) is 0 Å². The molecule has 0 saturated heterocycles. The first-order valence-corrected chi connectivity index (χ1v) is 14.5.